The zero-order chi connectivity index (χ0) is 16.3. The molecule has 0 radical (unpaired) electrons. The molecule has 3 rings (SSSR count). The van der Waals surface area contributed by atoms with E-state index in [-0.39, 0.29) is 4.90 Å². The number of hydrogen-bond donors (Lipinski definition) is 1. The Morgan fingerprint density at radius 3 is 2.22 bits per heavy atom. The van der Waals surface area contributed by atoms with Crippen molar-refractivity contribution in [2.24, 2.45) is 0 Å². The van der Waals surface area contributed by atoms with Gasteiger partial charge in [0, 0.05) is 5.56 Å². The van der Waals surface area contributed by atoms with Gasteiger partial charge in [0.25, 0.3) is 10.0 Å². The Labute approximate surface area is 138 Å². The molecule has 0 aliphatic heterocycles. The van der Waals surface area contributed by atoms with Crippen LogP contribution in [-0.4, -0.2) is 19.8 Å². The minimum Gasteiger partial charge on any atom is -0.347 e. The fourth-order valence-corrected chi connectivity index (χ4v) is 3.71. The predicted molar refractivity (Wildman–Crippen MR) is 91.0 cm³/mol. The monoisotopic (exact) mass is 346 g/mol. The molecule has 0 bridgehead atoms. The number of anilines is 1. The molecule has 0 unspecified atom stereocenters. The molecule has 1 heterocycles. The number of sulfonamides is 1. The second kappa shape index (κ2) is 6.47. The minimum absolute atomic E-state index is 0.187. The van der Waals surface area contributed by atoms with Crippen LogP contribution in [0.4, 0.5) is 5.69 Å². The Hall–Kier alpha value is -2.25. The molecule has 7 heteroatoms. The highest BCUT2D eigenvalue weighted by Crippen LogP contribution is 2.36. The molecule has 118 valence electrons. The number of aromatic nitrogens is 1. The maximum atomic E-state index is 12.6. The van der Waals surface area contributed by atoms with Gasteiger partial charge in [-0.25, -0.2) is 8.42 Å². The second-order valence-corrected chi connectivity index (χ2v) is 7.14. The van der Waals surface area contributed by atoms with Gasteiger partial charge in [-0.3, -0.25) is 4.72 Å². The first kappa shape index (κ1) is 15.6. The smallest absolute Gasteiger partial charge is 0.262 e. The van der Waals surface area contributed by atoms with E-state index in [1.165, 1.54) is 23.9 Å². The Balaban J connectivity index is 2.05. The molecular formula is C16H14N2O3S2. The number of nitrogens with one attached hydrogen (secondary N) is 1. The quantitative estimate of drug-likeness (QED) is 0.710. The van der Waals surface area contributed by atoms with Gasteiger partial charge in [-0.05, 0) is 18.4 Å². The third-order valence-electron chi connectivity index (χ3n) is 3.18. The average Bonchev–Trinajstić information content (AvgIpc) is 2.98. The van der Waals surface area contributed by atoms with E-state index >= 15 is 0 Å². The highest BCUT2D eigenvalue weighted by atomic mass is 32.2. The molecule has 0 aliphatic rings. The van der Waals surface area contributed by atoms with Crippen molar-refractivity contribution in [1.82, 2.24) is 5.16 Å². The maximum Gasteiger partial charge on any atom is 0.262 e. The first-order chi connectivity index (χ1) is 11.1. The van der Waals surface area contributed by atoms with Gasteiger partial charge in [0.15, 0.2) is 0 Å². The molecule has 0 atom stereocenters. The van der Waals surface area contributed by atoms with Crippen LogP contribution in [-0.2, 0) is 10.0 Å². The largest absolute Gasteiger partial charge is 0.347 e. The molecule has 0 saturated heterocycles. The summed E-state index contributed by atoms with van der Waals surface area (Å²) in [5, 5.41) is 4.43. The van der Waals surface area contributed by atoms with Gasteiger partial charge in [0.1, 0.15) is 11.4 Å². The topological polar surface area (TPSA) is 72.2 Å². The molecule has 5 nitrogen and oxygen atoms in total. The summed E-state index contributed by atoms with van der Waals surface area (Å²) in [5.74, 6) is 0. The predicted octanol–water partition coefficient (Wildman–Crippen LogP) is 3.86. The fraction of sp³-hybridized carbons (Fsp3) is 0.0625. The summed E-state index contributed by atoms with van der Waals surface area (Å²) < 4.78 is 33.0. The zero-order valence-electron chi connectivity index (χ0n) is 12.3. The average molecular weight is 346 g/mol. The Morgan fingerprint density at radius 2 is 1.61 bits per heavy atom. The van der Waals surface area contributed by atoms with Crippen molar-refractivity contribution in [2.75, 3.05) is 11.0 Å². The Kier molecular flexibility index (Phi) is 4.40. The first-order valence-electron chi connectivity index (χ1n) is 6.79. The molecule has 1 N–H and O–H groups in total. The molecular weight excluding hydrogens is 332 g/mol. The van der Waals surface area contributed by atoms with Gasteiger partial charge in [0.05, 0.1) is 4.90 Å². The third kappa shape index (κ3) is 3.25. The molecule has 0 aliphatic carbocycles. The van der Waals surface area contributed by atoms with E-state index in [4.69, 9.17) is 4.52 Å². The van der Waals surface area contributed by atoms with Gasteiger partial charge in [-0.15, -0.1) is 0 Å². The van der Waals surface area contributed by atoms with E-state index in [0.29, 0.717) is 16.5 Å². The van der Waals surface area contributed by atoms with Gasteiger partial charge in [-0.1, -0.05) is 65.4 Å². The van der Waals surface area contributed by atoms with Gasteiger partial charge >= 0.3 is 0 Å². The van der Waals surface area contributed by atoms with Crippen LogP contribution in [0.25, 0.3) is 11.3 Å². The van der Waals surface area contributed by atoms with Crippen molar-refractivity contribution in [3.8, 4) is 11.3 Å². The van der Waals surface area contributed by atoms with E-state index in [2.05, 4.69) is 9.88 Å². The lowest BCUT2D eigenvalue weighted by Gasteiger charge is -2.08. The number of thioether (sulfide) groups is 1. The lowest BCUT2D eigenvalue weighted by Crippen LogP contribution is -2.13. The van der Waals surface area contributed by atoms with Crippen molar-refractivity contribution < 1.29 is 12.9 Å². The van der Waals surface area contributed by atoms with E-state index < -0.39 is 10.0 Å². The van der Waals surface area contributed by atoms with Crippen molar-refractivity contribution in [2.45, 2.75) is 9.99 Å². The van der Waals surface area contributed by atoms with E-state index in [9.17, 15) is 8.42 Å². The molecule has 1 aromatic heterocycles. The zero-order valence-corrected chi connectivity index (χ0v) is 13.9. The highest BCUT2D eigenvalue weighted by Gasteiger charge is 2.23. The summed E-state index contributed by atoms with van der Waals surface area (Å²) in [7, 11) is -3.71. The lowest BCUT2D eigenvalue weighted by atomic mass is 10.1. The highest BCUT2D eigenvalue weighted by molar-refractivity contribution is 7.98. The SMILES string of the molecule is CSc1onc(-c2ccccc2)c1NS(=O)(=O)c1ccccc1. The van der Waals surface area contributed by atoms with Crippen molar-refractivity contribution in [3.63, 3.8) is 0 Å². The standard InChI is InChI=1S/C16H14N2O3S2/c1-22-16-15(14(17-21-16)12-8-4-2-5-9-12)18-23(19,20)13-10-6-3-7-11-13/h2-11,18H,1H3. The van der Waals surface area contributed by atoms with Crippen LogP contribution in [0.1, 0.15) is 0 Å². The summed E-state index contributed by atoms with van der Waals surface area (Å²) in [6.45, 7) is 0. The summed E-state index contributed by atoms with van der Waals surface area (Å²) in [6, 6.07) is 17.5. The molecule has 0 saturated carbocycles. The normalized spacial score (nSPS) is 11.3. The molecule has 0 fully saturated rings. The molecule has 3 aromatic rings. The lowest BCUT2D eigenvalue weighted by molar-refractivity contribution is 0.353. The maximum absolute atomic E-state index is 12.6. The van der Waals surface area contributed by atoms with E-state index in [1.807, 2.05) is 30.3 Å². The van der Waals surface area contributed by atoms with Crippen molar-refractivity contribution in [1.29, 1.82) is 0 Å². The summed E-state index contributed by atoms with van der Waals surface area (Å²) in [6.07, 6.45) is 1.80. The summed E-state index contributed by atoms with van der Waals surface area (Å²) in [4.78, 5) is 0.187. The Morgan fingerprint density at radius 1 is 1.00 bits per heavy atom. The van der Waals surface area contributed by atoms with Gasteiger partial charge < -0.3 is 4.52 Å². The van der Waals surface area contributed by atoms with Crippen molar-refractivity contribution in [3.05, 3.63) is 60.7 Å². The van der Waals surface area contributed by atoms with Crippen molar-refractivity contribution >= 4 is 27.5 Å². The van der Waals surface area contributed by atoms with Crippen LogP contribution in [0.3, 0.4) is 0 Å². The minimum atomic E-state index is -3.71. The van der Waals surface area contributed by atoms with Crippen LogP contribution < -0.4 is 4.72 Å². The van der Waals surface area contributed by atoms with Gasteiger partial charge in [-0.2, -0.15) is 0 Å². The molecule has 23 heavy (non-hydrogen) atoms. The molecule has 0 spiro atoms. The summed E-state index contributed by atoms with van der Waals surface area (Å²) >= 11 is 1.29. The second-order valence-electron chi connectivity index (χ2n) is 4.68. The molecule has 2 aromatic carbocycles. The third-order valence-corrected chi connectivity index (χ3v) is 5.20. The number of hydrogen-bond acceptors (Lipinski definition) is 5. The van der Waals surface area contributed by atoms with E-state index in [0.717, 1.165) is 5.56 Å². The van der Waals surface area contributed by atoms with Crippen LogP contribution in [0.5, 0.6) is 0 Å². The Bertz CT molecular complexity index is 892. The molecule has 0 amide bonds. The van der Waals surface area contributed by atoms with Gasteiger partial charge in [0.2, 0.25) is 5.09 Å². The van der Waals surface area contributed by atoms with Crippen LogP contribution >= 0.6 is 11.8 Å². The number of benzene rings is 2. The fourth-order valence-electron chi connectivity index (χ4n) is 2.09. The van der Waals surface area contributed by atoms with Crippen LogP contribution in [0.2, 0.25) is 0 Å². The van der Waals surface area contributed by atoms with Crippen LogP contribution in [0, 0.1) is 0 Å². The van der Waals surface area contributed by atoms with Crippen LogP contribution in [0.15, 0.2) is 75.2 Å². The number of rotatable bonds is 5. The number of nitrogens with zero attached hydrogens (tertiary/aromatic N) is 1. The summed E-state index contributed by atoms with van der Waals surface area (Å²) in [5.41, 5.74) is 1.60. The van der Waals surface area contributed by atoms with E-state index in [1.54, 1.807) is 24.5 Å². The first-order valence-corrected chi connectivity index (χ1v) is 9.49.